The second-order valence-corrected chi connectivity index (χ2v) is 2.79. The number of aliphatic hydroxyl groups excluding tert-OH is 5. The zero-order chi connectivity index (χ0) is 15.8. The van der Waals surface area contributed by atoms with Gasteiger partial charge in [-0.3, -0.25) is 0 Å². The van der Waals surface area contributed by atoms with Crippen LogP contribution in [0, 0.1) is 0 Å². The predicted molar refractivity (Wildman–Crippen MR) is 76.7 cm³/mol. The molecule has 0 aliphatic carbocycles. The zero-order valence-electron chi connectivity index (χ0n) is 13.4. The van der Waals surface area contributed by atoms with Crippen LogP contribution >= 0.6 is 0 Å². The molecule has 0 heterocycles. The van der Waals surface area contributed by atoms with E-state index in [9.17, 15) is 0 Å². The van der Waals surface area contributed by atoms with Gasteiger partial charge in [-0.15, -0.1) is 0 Å². The van der Waals surface area contributed by atoms with E-state index in [1.165, 1.54) is 0 Å². The standard InChI is InChI=1S/C4H11NO.4C2H6O.Nb/c1-5(2)3-4-6;4*1-2-3;/h6H,3-4H2,1-2H3;4*3H,2H2,1H3;. The summed E-state index contributed by atoms with van der Waals surface area (Å²) in [6, 6.07) is 0. The number of hydrogen-bond donors (Lipinski definition) is 5. The molecule has 0 spiro atoms. The smallest absolute Gasteiger partial charge is 0.0558 e. The molecule has 19 heavy (non-hydrogen) atoms. The van der Waals surface area contributed by atoms with Crippen LogP contribution in [0.4, 0.5) is 0 Å². The Morgan fingerprint density at radius 1 is 0.632 bits per heavy atom. The van der Waals surface area contributed by atoms with Gasteiger partial charge in [0.05, 0.1) is 6.61 Å². The van der Waals surface area contributed by atoms with Gasteiger partial charge in [0.2, 0.25) is 0 Å². The molecule has 0 aliphatic rings. The van der Waals surface area contributed by atoms with Gasteiger partial charge in [-0.1, -0.05) is 0 Å². The number of likely N-dealkylation sites (N-methyl/N-ethyl adjacent to an activating group) is 1. The van der Waals surface area contributed by atoms with Crippen molar-refractivity contribution < 1.29 is 47.9 Å². The molecule has 0 amide bonds. The van der Waals surface area contributed by atoms with Crippen LogP contribution < -0.4 is 0 Å². The Hall–Kier alpha value is 0.500. The van der Waals surface area contributed by atoms with Crippen LogP contribution in [0.25, 0.3) is 0 Å². The first kappa shape index (κ1) is 36.6. The van der Waals surface area contributed by atoms with E-state index in [4.69, 9.17) is 25.5 Å². The van der Waals surface area contributed by atoms with Crippen molar-refractivity contribution in [3.8, 4) is 0 Å². The fraction of sp³-hybridized carbons (Fsp3) is 1.00. The van der Waals surface area contributed by atoms with Gasteiger partial charge >= 0.3 is 0 Å². The van der Waals surface area contributed by atoms with Crippen LogP contribution in [-0.4, -0.2) is 84.1 Å². The second kappa shape index (κ2) is 62.8. The monoisotopic (exact) mass is 366 g/mol. The quantitative estimate of drug-likeness (QED) is 0.424. The van der Waals surface area contributed by atoms with Crippen molar-refractivity contribution in [1.29, 1.82) is 0 Å². The maximum absolute atomic E-state index is 8.20. The van der Waals surface area contributed by atoms with Gasteiger partial charge in [0.1, 0.15) is 0 Å². The first-order chi connectivity index (χ1) is 8.43. The topological polar surface area (TPSA) is 104 Å². The van der Waals surface area contributed by atoms with Gasteiger partial charge in [0, 0.05) is 55.4 Å². The Labute approximate surface area is 134 Å². The van der Waals surface area contributed by atoms with Crippen molar-refractivity contribution in [3.63, 3.8) is 0 Å². The van der Waals surface area contributed by atoms with Crippen LogP contribution in [0.3, 0.4) is 0 Å². The molecule has 0 aliphatic heterocycles. The summed E-state index contributed by atoms with van der Waals surface area (Å²) >= 11 is 0. The van der Waals surface area contributed by atoms with Crippen LogP contribution in [0.1, 0.15) is 27.7 Å². The predicted octanol–water partition coefficient (Wildman–Crippen LogP) is -0.468. The SMILES string of the molecule is CCO.CCO.CCO.CCO.CN(C)CCO.[Nb]. The number of rotatable bonds is 2. The van der Waals surface area contributed by atoms with E-state index in [-0.39, 0.29) is 55.4 Å². The molecular weight excluding hydrogens is 331 g/mol. The van der Waals surface area contributed by atoms with Crippen molar-refractivity contribution in [3.05, 3.63) is 0 Å². The van der Waals surface area contributed by atoms with Crippen LogP contribution in [0.15, 0.2) is 0 Å². The normalized spacial score (nSPS) is 6.95. The number of nitrogens with zero attached hydrogens (tertiary/aromatic N) is 1. The summed E-state index contributed by atoms with van der Waals surface area (Å²) in [7, 11) is 3.85. The summed E-state index contributed by atoms with van der Waals surface area (Å²) in [5, 5.41) is 38.5. The molecule has 7 heteroatoms. The van der Waals surface area contributed by atoms with Crippen molar-refractivity contribution in [2.75, 3.05) is 53.7 Å². The Morgan fingerprint density at radius 2 is 0.789 bits per heavy atom. The van der Waals surface area contributed by atoms with Crippen molar-refractivity contribution in [2.24, 2.45) is 0 Å². The van der Waals surface area contributed by atoms with Gasteiger partial charge in [-0.2, -0.15) is 0 Å². The first-order valence-electron chi connectivity index (χ1n) is 6.12. The Bertz CT molecular complexity index is 73.1. The molecule has 5 N–H and O–H groups in total. The van der Waals surface area contributed by atoms with E-state index in [1.807, 2.05) is 19.0 Å². The second-order valence-electron chi connectivity index (χ2n) is 2.79. The van der Waals surface area contributed by atoms with E-state index in [0.717, 1.165) is 6.54 Å². The van der Waals surface area contributed by atoms with E-state index in [2.05, 4.69) is 0 Å². The summed E-state index contributed by atoms with van der Waals surface area (Å²) < 4.78 is 0. The van der Waals surface area contributed by atoms with Crippen molar-refractivity contribution in [2.45, 2.75) is 27.7 Å². The molecule has 0 aromatic carbocycles. The van der Waals surface area contributed by atoms with E-state index in [1.54, 1.807) is 27.7 Å². The van der Waals surface area contributed by atoms with Gasteiger partial charge in [0.25, 0.3) is 0 Å². The van der Waals surface area contributed by atoms with Gasteiger partial charge in [0.15, 0.2) is 0 Å². The molecule has 0 aromatic rings. The average Bonchev–Trinajstić information content (AvgIpc) is 2.21. The van der Waals surface area contributed by atoms with Crippen molar-refractivity contribution >= 4 is 0 Å². The molecule has 0 unspecified atom stereocenters. The maximum atomic E-state index is 8.20. The molecular formula is C12H35NNbO5. The molecule has 0 atom stereocenters. The molecule has 123 valence electrons. The Kier molecular flexibility index (Phi) is 121. The molecule has 1 radical (unpaired) electrons. The van der Waals surface area contributed by atoms with Crippen molar-refractivity contribution in [1.82, 2.24) is 4.90 Å². The minimum atomic E-state index is 0. The first-order valence-corrected chi connectivity index (χ1v) is 6.12. The summed E-state index contributed by atoms with van der Waals surface area (Å²) in [4.78, 5) is 1.93. The van der Waals surface area contributed by atoms with Gasteiger partial charge in [-0.05, 0) is 41.8 Å². The largest absolute Gasteiger partial charge is 0.397 e. The van der Waals surface area contributed by atoms with Crippen LogP contribution in [-0.2, 0) is 22.4 Å². The van der Waals surface area contributed by atoms with Crippen LogP contribution in [0.2, 0.25) is 0 Å². The summed E-state index contributed by atoms with van der Waals surface area (Å²) in [5.74, 6) is 0. The molecule has 0 saturated heterocycles. The van der Waals surface area contributed by atoms with Crippen LogP contribution in [0.5, 0.6) is 0 Å². The van der Waals surface area contributed by atoms with Gasteiger partial charge < -0.3 is 30.4 Å². The molecule has 0 aromatic heterocycles. The third-order valence-electron chi connectivity index (χ3n) is 0.547. The molecule has 0 fully saturated rings. The summed E-state index contributed by atoms with van der Waals surface area (Å²) in [6.07, 6.45) is 0. The maximum Gasteiger partial charge on any atom is 0.0558 e. The Morgan fingerprint density at radius 3 is 0.789 bits per heavy atom. The third-order valence-corrected chi connectivity index (χ3v) is 0.547. The molecule has 0 saturated carbocycles. The van der Waals surface area contributed by atoms with E-state index < -0.39 is 0 Å². The van der Waals surface area contributed by atoms with E-state index >= 15 is 0 Å². The average molecular weight is 366 g/mol. The summed E-state index contributed by atoms with van der Waals surface area (Å²) in [5.41, 5.74) is 0. The Balaban J connectivity index is -0.0000000287. The van der Waals surface area contributed by atoms with Gasteiger partial charge in [-0.25, -0.2) is 0 Å². The minimum absolute atomic E-state index is 0. The molecule has 0 bridgehead atoms. The number of aliphatic hydroxyl groups is 5. The van der Waals surface area contributed by atoms with E-state index in [0.29, 0.717) is 0 Å². The molecule has 6 nitrogen and oxygen atoms in total. The fourth-order valence-electron chi connectivity index (χ4n) is 0.200. The minimum Gasteiger partial charge on any atom is -0.397 e. The number of hydrogen-bond acceptors (Lipinski definition) is 6. The summed E-state index contributed by atoms with van der Waals surface area (Å²) in [6.45, 7) is 8.74. The fourth-order valence-corrected chi connectivity index (χ4v) is 0.200. The third kappa shape index (κ3) is 411. The zero-order valence-corrected chi connectivity index (χ0v) is 15.6. The molecule has 0 rings (SSSR count).